The number of nitrogens with zero attached hydrogens (tertiary/aromatic N) is 1. The lowest BCUT2D eigenvalue weighted by Gasteiger charge is -2.31. The molecule has 148 valence electrons. The second-order valence-corrected chi connectivity index (χ2v) is 7.65. The first-order valence-electron chi connectivity index (χ1n) is 9.56. The molecular weight excluding hydrogens is 384 g/mol. The summed E-state index contributed by atoms with van der Waals surface area (Å²) >= 11 is 6.07. The topological polar surface area (TPSA) is 53.8 Å². The molecule has 0 bridgehead atoms. The molecule has 0 spiro atoms. The van der Waals surface area contributed by atoms with Crippen molar-refractivity contribution in [3.8, 4) is 11.5 Å². The van der Waals surface area contributed by atoms with E-state index in [0.29, 0.717) is 17.2 Å². The van der Waals surface area contributed by atoms with Crippen molar-refractivity contribution in [2.24, 2.45) is 4.99 Å². The molecular formula is C24H23ClN2O2. The average molecular weight is 407 g/mol. The zero-order valence-corrected chi connectivity index (χ0v) is 17.1. The van der Waals surface area contributed by atoms with Gasteiger partial charge >= 0.3 is 0 Å². The predicted molar refractivity (Wildman–Crippen MR) is 117 cm³/mol. The van der Waals surface area contributed by atoms with Crippen LogP contribution in [0.3, 0.4) is 0 Å². The molecule has 0 saturated carbocycles. The van der Waals surface area contributed by atoms with Crippen LogP contribution >= 0.6 is 11.6 Å². The van der Waals surface area contributed by atoms with Gasteiger partial charge in [-0.05, 0) is 36.2 Å². The Morgan fingerprint density at radius 2 is 1.76 bits per heavy atom. The first-order chi connectivity index (χ1) is 14.0. The van der Waals surface area contributed by atoms with Crippen molar-refractivity contribution in [3.63, 3.8) is 0 Å². The van der Waals surface area contributed by atoms with Crippen molar-refractivity contribution < 1.29 is 9.84 Å². The zero-order valence-electron chi connectivity index (χ0n) is 16.4. The van der Waals surface area contributed by atoms with Crippen molar-refractivity contribution >= 4 is 17.3 Å². The molecule has 3 aromatic rings. The van der Waals surface area contributed by atoms with Gasteiger partial charge in [0.05, 0.1) is 7.11 Å². The van der Waals surface area contributed by atoms with Gasteiger partial charge in [0.25, 0.3) is 0 Å². The number of hydrogen-bond donors (Lipinski definition) is 2. The smallest absolute Gasteiger partial charge is 0.162 e. The molecule has 29 heavy (non-hydrogen) atoms. The Morgan fingerprint density at radius 1 is 1.03 bits per heavy atom. The SMILES string of the molecule is COc1cccc(C2CC(c3ccc(Cl)cc3)=NC(c3ccc(C)cc3)N2)c1O. The minimum Gasteiger partial charge on any atom is -0.504 e. The van der Waals surface area contributed by atoms with E-state index in [1.807, 2.05) is 36.4 Å². The van der Waals surface area contributed by atoms with E-state index in [0.717, 1.165) is 22.4 Å². The molecule has 4 nitrogen and oxygen atoms in total. The summed E-state index contributed by atoms with van der Waals surface area (Å²) in [5.41, 5.74) is 5.07. The predicted octanol–water partition coefficient (Wildman–Crippen LogP) is 5.59. The van der Waals surface area contributed by atoms with E-state index >= 15 is 0 Å². The number of aromatic hydroxyl groups is 1. The van der Waals surface area contributed by atoms with Gasteiger partial charge in [-0.25, -0.2) is 0 Å². The maximum Gasteiger partial charge on any atom is 0.162 e. The minimum atomic E-state index is -0.217. The summed E-state index contributed by atoms with van der Waals surface area (Å²) in [7, 11) is 1.56. The third-order valence-corrected chi connectivity index (χ3v) is 5.49. The normalized spacial score (nSPS) is 18.9. The molecule has 4 rings (SSSR count). The van der Waals surface area contributed by atoms with Crippen molar-refractivity contribution in [2.45, 2.75) is 25.6 Å². The fourth-order valence-electron chi connectivity index (χ4n) is 3.63. The van der Waals surface area contributed by atoms with Gasteiger partial charge in [-0.15, -0.1) is 0 Å². The molecule has 0 aromatic heterocycles. The van der Waals surface area contributed by atoms with E-state index in [1.54, 1.807) is 13.2 Å². The number of phenolic OH excluding ortho intramolecular Hbond substituents is 1. The fourth-order valence-corrected chi connectivity index (χ4v) is 3.75. The number of aryl methyl sites for hydroxylation is 1. The summed E-state index contributed by atoms with van der Waals surface area (Å²) < 4.78 is 5.30. The summed E-state index contributed by atoms with van der Waals surface area (Å²) in [4.78, 5) is 4.98. The van der Waals surface area contributed by atoms with E-state index in [9.17, 15) is 5.11 Å². The van der Waals surface area contributed by atoms with Gasteiger partial charge < -0.3 is 9.84 Å². The van der Waals surface area contributed by atoms with Crippen LogP contribution in [-0.2, 0) is 0 Å². The summed E-state index contributed by atoms with van der Waals surface area (Å²) in [6, 6.07) is 21.5. The van der Waals surface area contributed by atoms with Gasteiger partial charge in [-0.1, -0.05) is 65.7 Å². The maximum absolute atomic E-state index is 10.7. The highest BCUT2D eigenvalue weighted by Crippen LogP contribution is 2.38. The Kier molecular flexibility index (Phi) is 5.56. The van der Waals surface area contributed by atoms with Crippen LogP contribution in [0.5, 0.6) is 11.5 Å². The van der Waals surface area contributed by atoms with Gasteiger partial charge in [0.15, 0.2) is 11.5 Å². The molecule has 0 radical (unpaired) electrons. The highest BCUT2D eigenvalue weighted by Gasteiger charge is 2.28. The maximum atomic E-state index is 10.7. The van der Waals surface area contributed by atoms with Crippen LogP contribution in [0.25, 0.3) is 0 Å². The largest absolute Gasteiger partial charge is 0.504 e. The quantitative estimate of drug-likeness (QED) is 0.594. The molecule has 1 heterocycles. The Morgan fingerprint density at radius 3 is 2.45 bits per heavy atom. The van der Waals surface area contributed by atoms with E-state index in [-0.39, 0.29) is 18.0 Å². The second-order valence-electron chi connectivity index (χ2n) is 7.22. The number of aliphatic imine (C=N–C) groups is 1. The summed E-state index contributed by atoms with van der Waals surface area (Å²) in [6.07, 6.45) is 0.427. The number of phenols is 1. The number of para-hydroxylation sites is 1. The lowest BCUT2D eigenvalue weighted by Crippen LogP contribution is -2.33. The number of ether oxygens (including phenoxy) is 1. The standard InChI is InChI=1S/C24H23ClN2O2/c1-15-6-8-17(9-7-15)24-26-20(16-10-12-18(25)13-11-16)14-21(27-24)19-4-3-5-22(29-2)23(19)28/h3-13,21,24,27-28H,14H2,1-2H3. The van der Waals surface area contributed by atoms with Crippen molar-refractivity contribution in [1.29, 1.82) is 0 Å². The summed E-state index contributed by atoms with van der Waals surface area (Å²) in [5.74, 6) is 0.624. The Labute approximate surface area is 175 Å². The van der Waals surface area contributed by atoms with Crippen LogP contribution in [0, 0.1) is 6.92 Å². The summed E-state index contributed by atoms with van der Waals surface area (Å²) in [5, 5.41) is 15.0. The fraction of sp³-hybridized carbons (Fsp3) is 0.208. The highest BCUT2D eigenvalue weighted by atomic mass is 35.5. The molecule has 0 saturated heterocycles. The van der Waals surface area contributed by atoms with Gasteiger partial charge in [0.1, 0.15) is 6.17 Å². The second kappa shape index (κ2) is 8.27. The van der Waals surface area contributed by atoms with E-state index in [4.69, 9.17) is 21.3 Å². The van der Waals surface area contributed by atoms with Crippen LogP contribution in [0.1, 0.15) is 40.9 Å². The van der Waals surface area contributed by atoms with Crippen LogP contribution in [0.15, 0.2) is 71.7 Å². The first kappa shape index (κ1) is 19.5. The molecule has 3 aromatic carbocycles. The average Bonchev–Trinajstić information content (AvgIpc) is 2.74. The third kappa shape index (κ3) is 4.14. The zero-order chi connectivity index (χ0) is 20.4. The molecule has 2 atom stereocenters. The van der Waals surface area contributed by atoms with Gasteiger partial charge in [0, 0.05) is 28.8 Å². The third-order valence-electron chi connectivity index (χ3n) is 5.24. The summed E-state index contributed by atoms with van der Waals surface area (Å²) in [6.45, 7) is 2.07. The monoisotopic (exact) mass is 406 g/mol. The Bertz CT molecular complexity index is 1030. The van der Waals surface area contributed by atoms with E-state index in [1.165, 1.54) is 5.56 Å². The van der Waals surface area contributed by atoms with Crippen molar-refractivity contribution in [2.75, 3.05) is 7.11 Å². The van der Waals surface area contributed by atoms with Crippen molar-refractivity contribution in [1.82, 2.24) is 5.32 Å². The molecule has 2 N–H and O–H groups in total. The van der Waals surface area contributed by atoms with E-state index < -0.39 is 0 Å². The number of nitrogens with one attached hydrogen (secondary N) is 1. The molecule has 2 unspecified atom stereocenters. The van der Waals surface area contributed by atoms with Crippen LogP contribution in [0.2, 0.25) is 5.02 Å². The minimum absolute atomic E-state index is 0.111. The Hall–Kier alpha value is -2.82. The molecule has 5 heteroatoms. The number of benzene rings is 3. The number of rotatable bonds is 4. The molecule has 1 aliphatic rings. The van der Waals surface area contributed by atoms with Crippen LogP contribution in [0.4, 0.5) is 0 Å². The van der Waals surface area contributed by atoms with Gasteiger partial charge in [0.2, 0.25) is 0 Å². The number of halogens is 1. The first-order valence-corrected chi connectivity index (χ1v) is 9.94. The molecule has 0 amide bonds. The van der Waals surface area contributed by atoms with Crippen LogP contribution < -0.4 is 10.1 Å². The van der Waals surface area contributed by atoms with E-state index in [2.05, 4.69) is 36.5 Å². The lowest BCUT2D eigenvalue weighted by atomic mass is 9.93. The molecule has 1 aliphatic heterocycles. The lowest BCUT2D eigenvalue weighted by molar-refractivity contribution is 0.360. The number of hydrogen-bond acceptors (Lipinski definition) is 4. The van der Waals surface area contributed by atoms with Gasteiger partial charge in [-0.3, -0.25) is 10.3 Å². The molecule has 0 fully saturated rings. The number of methoxy groups -OCH3 is 1. The van der Waals surface area contributed by atoms with Crippen molar-refractivity contribution in [3.05, 3.63) is 94.0 Å². The van der Waals surface area contributed by atoms with Crippen LogP contribution in [-0.4, -0.2) is 17.9 Å². The molecule has 0 aliphatic carbocycles. The highest BCUT2D eigenvalue weighted by molar-refractivity contribution is 6.30. The van der Waals surface area contributed by atoms with Gasteiger partial charge in [-0.2, -0.15) is 0 Å². The Balaban J connectivity index is 1.76.